The number of allylic oxidation sites excluding steroid dienone is 4. The Morgan fingerprint density at radius 1 is 0.630 bits per heavy atom. The van der Waals surface area contributed by atoms with Crippen molar-refractivity contribution in [1.82, 2.24) is 0 Å². The number of fused-ring (bicyclic) bond motifs is 3. The van der Waals surface area contributed by atoms with Crippen LogP contribution < -0.4 is 9.81 Å². The molecule has 46 heavy (non-hydrogen) atoms. The standard InChI is InChI=1S/C21H25.2C8H9.C5H5.CH2.2ClH.Zr/c1-20(2,3)16-7-9-18-14(12-16)11-15-13-17(21(4,5)6)8-10-19(15)18;2*1-7-5-3-4-6-8(7)2;1-2-4-5-3-1;;;;/h7-10,12H,11H2,1-6H3;2*3,5-6H,1-2H3;1-3H,4H2;1H2;2*1H;. The monoisotopic (exact) mass is 728 g/mol. The molecule has 0 bridgehead atoms. The van der Waals surface area contributed by atoms with Crippen molar-refractivity contribution in [2.75, 3.05) is 0 Å². The maximum atomic E-state index is 5.81. The van der Waals surface area contributed by atoms with E-state index >= 15 is 0 Å². The van der Waals surface area contributed by atoms with Gasteiger partial charge in [-0.3, -0.25) is 0 Å². The SMILES string of the molecule is Cl.Cl.[CH2]=[Zr]([C]1=CC=CC1)([c]1ccc(C)c(C)c1)([c]1ccc(C)c(C)c1)[c]1c(C(C)(C)C)ccc2c1Cc1cc(C(C)(C)C)ccc1-2. The average Bonchev–Trinajstić information content (AvgIpc) is 3.63. The number of hydrogen-bond acceptors (Lipinski definition) is 0. The van der Waals surface area contributed by atoms with Gasteiger partial charge in [0.2, 0.25) is 0 Å². The molecule has 0 radical (unpaired) electrons. The molecule has 4 aromatic rings. The van der Waals surface area contributed by atoms with Crippen molar-refractivity contribution in [3.8, 4) is 11.1 Å². The first-order chi connectivity index (χ1) is 20.5. The summed E-state index contributed by atoms with van der Waals surface area (Å²) in [6.07, 6.45) is 9.03. The molecule has 0 unspecified atom stereocenters. The molecule has 0 saturated carbocycles. The molecule has 4 aromatic carbocycles. The van der Waals surface area contributed by atoms with Crippen LogP contribution in [0.1, 0.15) is 92.5 Å². The van der Waals surface area contributed by atoms with Gasteiger partial charge in [-0.25, -0.2) is 0 Å². The van der Waals surface area contributed by atoms with E-state index in [0.717, 1.165) is 12.8 Å². The van der Waals surface area contributed by atoms with Crippen LogP contribution in [0.2, 0.25) is 0 Å². The molecule has 6 rings (SSSR count). The first-order valence-electron chi connectivity index (χ1n) is 16.4. The number of hydrogen-bond donors (Lipinski definition) is 0. The molecule has 0 spiro atoms. The molecule has 0 amide bonds. The summed E-state index contributed by atoms with van der Waals surface area (Å²) in [5.74, 6) is 0. The third-order valence-electron chi connectivity index (χ3n) is 11.1. The Bertz CT molecular complexity index is 1920. The van der Waals surface area contributed by atoms with E-state index in [1.807, 2.05) is 0 Å². The maximum absolute atomic E-state index is 5.81. The summed E-state index contributed by atoms with van der Waals surface area (Å²) in [4.78, 5) is 0. The van der Waals surface area contributed by atoms with Crippen LogP contribution in [-0.4, -0.2) is 4.21 Å². The number of benzene rings is 4. The van der Waals surface area contributed by atoms with Gasteiger partial charge in [-0.1, -0.05) is 0 Å². The van der Waals surface area contributed by atoms with E-state index in [9.17, 15) is 0 Å². The van der Waals surface area contributed by atoms with Crippen LogP contribution in [0.15, 0.2) is 88.2 Å². The minimum absolute atomic E-state index is 0. The molecule has 0 fully saturated rings. The quantitative estimate of drug-likeness (QED) is 0.173. The summed E-state index contributed by atoms with van der Waals surface area (Å²) < 4.78 is 11.8. The summed E-state index contributed by atoms with van der Waals surface area (Å²) in [6.45, 7) is 23.2. The molecule has 2 aliphatic carbocycles. The molecule has 0 heterocycles. The van der Waals surface area contributed by atoms with Gasteiger partial charge >= 0.3 is 269 Å². The van der Waals surface area contributed by atoms with Crippen molar-refractivity contribution >= 4 is 38.8 Å². The minimum atomic E-state index is -4.88. The predicted octanol–water partition coefficient (Wildman–Crippen LogP) is 10.2. The van der Waals surface area contributed by atoms with Gasteiger partial charge in [0.05, 0.1) is 0 Å². The first-order valence-corrected chi connectivity index (χ1v) is 23.1. The summed E-state index contributed by atoms with van der Waals surface area (Å²) in [5.41, 5.74) is 14.1. The molecular formula is C43H52Cl2Zr. The van der Waals surface area contributed by atoms with E-state index in [4.69, 9.17) is 4.21 Å². The third-order valence-corrected chi connectivity index (χ3v) is 27.4. The van der Waals surface area contributed by atoms with Gasteiger partial charge in [-0.05, 0) is 0 Å². The molecule has 3 heteroatoms. The molecule has 0 N–H and O–H groups in total. The van der Waals surface area contributed by atoms with Gasteiger partial charge in [0.25, 0.3) is 0 Å². The third kappa shape index (κ3) is 5.44. The van der Waals surface area contributed by atoms with Crippen LogP contribution in [0, 0.1) is 27.7 Å². The zero-order valence-electron chi connectivity index (χ0n) is 29.5. The van der Waals surface area contributed by atoms with Gasteiger partial charge in [0.15, 0.2) is 0 Å². The Kier molecular flexibility index (Phi) is 9.76. The van der Waals surface area contributed by atoms with Crippen LogP contribution in [0.5, 0.6) is 0 Å². The molecule has 0 atom stereocenters. The fourth-order valence-corrected chi connectivity index (χ4v) is 25.0. The van der Waals surface area contributed by atoms with Crippen LogP contribution >= 0.6 is 24.8 Å². The molecule has 0 nitrogen and oxygen atoms in total. The second-order valence-electron chi connectivity index (χ2n) is 15.9. The first kappa shape index (κ1) is 36.5. The second-order valence-corrected chi connectivity index (χ2v) is 28.8. The van der Waals surface area contributed by atoms with E-state index in [1.165, 1.54) is 62.2 Å². The van der Waals surface area contributed by atoms with Crippen molar-refractivity contribution in [2.45, 2.75) is 92.9 Å². The Morgan fingerprint density at radius 2 is 1.20 bits per heavy atom. The Balaban J connectivity index is 0.00000240. The summed E-state index contributed by atoms with van der Waals surface area (Å²) in [7, 11) is 0. The van der Waals surface area contributed by atoms with Gasteiger partial charge in [0.1, 0.15) is 0 Å². The van der Waals surface area contributed by atoms with E-state index < -0.39 is 18.3 Å². The van der Waals surface area contributed by atoms with Crippen LogP contribution in [0.25, 0.3) is 11.1 Å². The van der Waals surface area contributed by atoms with Gasteiger partial charge in [0, 0.05) is 0 Å². The van der Waals surface area contributed by atoms with Crippen LogP contribution in [0.3, 0.4) is 0 Å². The van der Waals surface area contributed by atoms with Crippen LogP contribution in [0.4, 0.5) is 0 Å². The number of aryl methyl sites for hydroxylation is 4. The van der Waals surface area contributed by atoms with Gasteiger partial charge in [-0.2, -0.15) is 0 Å². The van der Waals surface area contributed by atoms with E-state index in [1.54, 1.807) is 6.55 Å². The Morgan fingerprint density at radius 3 is 1.67 bits per heavy atom. The van der Waals surface area contributed by atoms with Gasteiger partial charge < -0.3 is 0 Å². The normalized spacial score (nSPS) is 14.3. The van der Waals surface area contributed by atoms with Crippen molar-refractivity contribution in [3.05, 3.63) is 133 Å². The predicted molar refractivity (Wildman–Crippen MR) is 206 cm³/mol. The second kappa shape index (κ2) is 12.3. The molecular weight excluding hydrogens is 679 g/mol. The fourth-order valence-electron chi connectivity index (χ4n) is 8.01. The summed E-state index contributed by atoms with van der Waals surface area (Å²) in [6, 6.07) is 26.8. The molecule has 242 valence electrons. The topological polar surface area (TPSA) is 0 Å². The fraction of sp³-hybridized carbons (Fsp3) is 0.326. The summed E-state index contributed by atoms with van der Waals surface area (Å²) in [5, 5.41) is 0. The Hall–Kier alpha value is -2.31. The van der Waals surface area contributed by atoms with Crippen molar-refractivity contribution in [2.24, 2.45) is 0 Å². The van der Waals surface area contributed by atoms with Crippen LogP contribution in [-0.2, 0) is 35.5 Å². The van der Waals surface area contributed by atoms with E-state index in [2.05, 4.69) is 154 Å². The van der Waals surface area contributed by atoms with E-state index in [0.29, 0.717) is 0 Å². The van der Waals surface area contributed by atoms with Crippen molar-refractivity contribution < 1.29 is 18.3 Å². The van der Waals surface area contributed by atoms with Crippen molar-refractivity contribution in [3.63, 3.8) is 0 Å². The van der Waals surface area contributed by atoms with E-state index in [-0.39, 0.29) is 35.6 Å². The zero-order chi connectivity index (χ0) is 31.8. The number of rotatable bonds is 4. The molecule has 2 aliphatic rings. The average molecular weight is 731 g/mol. The number of halogens is 2. The molecule has 0 aliphatic heterocycles. The molecule has 0 aromatic heterocycles. The summed E-state index contributed by atoms with van der Waals surface area (Å²) >= 11 is -4.88. The Labute approximate surface area is 291 Å². The zero-order valence-corrected chi connectivity index (χ0v) is 33.6. The van der Waals surface area contributed by atoms with Crippen molar-refractivity contribution in [1.29, 1.82) is 0 Å². The molecule has 0 saturated heterocycles. The van der Waals surface area contributed by atoms with Gasteiger partial charge in [-0.15, -0.1) is 24.8 Å².